The third-order valence-electron chi connectivity index (χ3n) is 2.13. The number of nitrogens with zero attached hydrogens (tertiary/aromatic N) is 2. The van der Waals surface area contributed by atoms with E-state index in [2.05, 4.69) is 10.3 Å². The molecule has 3 amide bonds. The van der Waals surface area contributed by atoms with Gasteiger partial charge in [0.15, 0.2) is 5.82 Å². The smallest absolute Gasteiger partial charge is 0.258 e. The van der Waals surface area contributed by atoms with E-state index >= 15 is 0 Å². The lowest BCUT2D eigenvalue weighted by Gasteiger charge is -2.16. The third-order valence-corrected chi connectivity index (χ3v) is 2.13. The molecule has 1 aliphatic rings. The minimum atomic E-state index is -0.449. The van der Waals surface area contributed by atoms with E-state index in [0.717, 1.165) is 4.90 Å². The zero-order valence-corrected chi connectivity index (χ0v) is 9.01. The maximum absolute atomic E-state index is 11.5. The Morgan fingerprint density at radius 2 is 1.94 bits per heavy atom. The third kappa shape index (κ3) is 2.05. The van der Waals surface area contributed by atoms with Crippen molar-refractivity contribution < 1.29 is 14.4 Å². The Morgan fingerprint density at radius 1 is 1.29 bits per heavy atom. The van der Waals surface area contributed by atoms with Crippen LogP contribution in [0.5, 0.6) is 0 Å². The molecule has 0 spiro atoms. The molecule has 0 radical (unpaired) electrons. The van der Waals surface area contributed by atoms with Gasteiger partial charge in [-0.3, -0.25) is 14.4 Å². The zero-order chi connectivity index (χ0) is 12.4. The first-order chi connectivity index (χ1) is 8.09. The Bertz CT molecular complexity index is 519. The van der Waals surface area contributed by atoms with Crippen molar-refractivity contribution in [2.45, 2.75) is 6.92 Å². The van der Waals surface area contributed by atoms with Crippen LogP contribution in [0.25, 0.3) is 0 Å². The lowest BCUT2D eigenvalue weighted by molar-refractivity contribution is -0.120. The van der Waals surface area contributed by atoms with E-state index in [1.165, 1.54) is 25.3 Å². The van der Waals surface area contributed by atoms with Crippen molar-refractivity contribution in [3.8, 4) is 0 Å². The van der Waals surface area contributed by atoms with Gasteiger partial charge in [0, 0.05) is 25.3 Å². The number of nitrogens with one attached hydrogen (secondary N) is 1. The highest BCUT2D eigenvalue weighted by Gasteiger charge is 2.27. The predicted octanol–water partition coefficient (Wildman–Crippen LogP) is 0.469. The molecule has 0 aromatic carbocycles. The topological polar surface area (TPSA) is 79.4 Å². The molecule has 17 heavy (non-hydrogen) atoms. The second-order valence-electron chi connectivity index (χ2n) is 3.40. The minimum Gasteiger partial charge on any atom is -0.309 e. The highest BCUT2D eigenvalue weighted by atomic mass is 16.2. The molecule has 2 rings (SSSR count). The summed E-state index contributed by atoms with van der Waals surface area (Å²) in [4.78, 5) is 38.9. The lowest BCUT2D eigenvalue weighted by Crippen LogP contribution is -2.30. The number of rotatable bonds is 2. The van der Waals surface area contributed by atoms with Crippen molar-refractivity contribution in [1.82, 2.24) is 4.98 Å². The maximum Gasteiger partial charge on any atom is 0.258 e. The van der Waals surface area contributed by atoms with Crippen LogP contribution >= 0.6 is 0 Å². The van der Waals surface area contributed by atoms with Crippen molar-refractivity contribution in [3.63, 3.8) is 0 Å². The van der Waals surface area contributed by atoms with E-state index in [9.17, 15) is 14.4 Å². The molecule has 1 N–H and O–H groups in total. The molecule has 2 heterocycles. The molecule has 0 unspecified atom stereocenters. The second-order valence-corrected chi connectivity index (χ2v) is 3.40. The van der Waals surface area contributed by atoms with E-state index < -0.39 is 11.8 Å². The normalized spacial score (nSPS) is 14.3. The molecular weight excluding hydrogens is 222 g/mol. The standard InChI is InChI=1S/C11H9N3O3/c1-7(15)13-11-8(3-2-6-12-11)14-9(16)4-5-10(14)17/h2-6H,1H3,(H,12,13,15). The van der Waals surface area contributed by atoms with Crippen molar-refractivity contribution in [3.05, 3.63) is 30.5 Å². The molecule has 0 saturated carbocycles. The fourth-order valence-electron chi connectivity index (χ4n) is 1.48. The van der Waals surface area contributed by atoms with E-state index in [1.807, 2.05) is 0 Å². The molecule has 0 atom stereocenters. The number of carbonyl (C=O) groups excluding carboxylic acids is 3. The molecule has 1 aliphatic heterocycles. The van der Waals surface area contributed by atoms with Gasteiger partial charge >= 0.3 is 0 Å². The summed E-state index contributed by atoms with van der Waals surface area (Å²) in [5, 5.41) is 2.47. The molecular formula is C11H9N3O3. The highest BCUT2D eigenvalue weighted by molar-refractivity contribution is 6.29. The monoisotopic (exact) mass is 231 g/mol. The molecule has 86 valence electrons. The Morgan fingerprint density at radius 3 is 2.53 bits per heavy atom. The SMILES string of the molecule is CC(=O)Nc1ncccc1N1C(=O)C=CC1=O. The van der Waals surface area contributed by atoms with Crippen LogP contribution in [0.1, 0.15) is 6.92 Å². The summed E-state index contributed by atoms with van der Waals surface area (Å²) < 4.78 is 0. The number of carbonyl (C=O) groups is 3. The Labute approximate surface area is 96.9 Å². The number of hydrogen-bond acceptors (Lipinski definition) is 4. The van der Waals surface area contributed by atoms with Gasteiger partial charge in [-0.25, -0.2) is 9.88 Å². The summed E-state index contributed by atoms with van der Waals surface area (Å²) in [6.07, 6.45) is 3.81. The van der Waals surface area contributed by atoms with Crippen molar-refractivity contribution >= 4 is 29.2 Å². The van der Waals surface area contributed by atoms with Gasteiger partial charge in [-0.1, -0.05) is 0 Å². The number of pyridine rings is 1. The summed E-state index contributed by atoms with van der Waals surface area (Å²) in [6.45, 7) is 1.32. The van der Waals surface area contributed by atoms with Gasteiger partial charge in [-0.15, -0.1) is 0 Å². The number of anilines is 2. The summed E-state index contributed by atoms with van der Waals surface area (Å²) in [5.74, 6) is -1.04. The van der Waals surface area contributed by atoms with Crippen LogP contribution < -0.4 is 10.2 Å². The molecule has 0 bridgehead atoms. The zero-order valence-electron chi connectivity index (χ0n) is 9.01. The average Bonchev–Trinajstić information content (AvgIpc) is 2.59. The van der Waals surface area contributed by atoms with Gasteiger partial charge in [0.25, 0.3) is 11.8 Å². The Hall–Kier alpha value is -2.50. The quantitative estimate of drug-likeness (QED) is 0.750. The number of amides is 3. The van der Waals surface area contributed by atoms with Crippen molar-refractivity contribution in [2.24, 2.45) is 0 Å². The largest absolute Gasteiger partial charge is 0.309 e. The summed E-state index contributed by atoms with van der Waals surface area (Å²) in [7, 11) is 0. The fraction of sp³-hybridized carbons (Fsp3) is 0.0909. The van der Waals surface area contributed by atoms with E-state index in [0.29, 0.717) is 0 Å². The average molecular weight is 231 g/mol. The van der Waals surface area contributed by atoms with Crippen LogP contribution in [0.4, 0.5) is 11.5 Å². The van der Waals surface area contributed by atoms with E-state index in [4.69, 9.17) is 0 Å². The van der Waals surface area contributed by atoms with Gasteiger partial charge in [0.05, 0.1) is 5.69 Å². The van der Waals surface area contributed by atoms with Gasteiger partial charge in [-0.2, -0.15) is 0 Å². The van der Waals surface area contributed by atoms with Gasteiger partial charge in [0.1, 0.15) is 0 Å². The van der Waals surface area contributed by atoms with Gasteiger partial charge < -0.3 is 5.32 Å². The minimum absolute atomic E-state index is 0.186. The Kier molecular flexibility index (Phi) is 2.70. The van der Waals surface area contributed by atoms with Gasteiger partial charge in [-0.05, 0) is 12.1 Å². The van der Waals surface area contributed by atoms with Crippen LogP contribution in [0, 0.1) is 0 Å². The molecule has 1 aromatic rings. The highest BCUT2D eigenvalue weighted by Crippen LogP contribution is 2.25. The van der Waals surface area contributed by atoms with Crippen LogP contribution in [0.15, 0.2) is 30.5 Å². The molecule has 0 fully saturated rings. The first kappa shape index (κ1) is 11.0. The second kappa shape index (κ2) is 4.17. The number of aromatic nitrogens is 1. The molecule has 6 nitrogen and oxygen atoms in total. The summed E-state index contributed by atoms with van der Waals surface area (Å²) in [5.41, 5.74) is 0.266. The first-order valence-electron chi connectivity index (χ1n) is 4.88. The molecule has 0 aliphatic carbocycles. The molecule has 6 heteroatoms. The van der Waals surface area contributed by atoms with Crippen LogP contribution in [-0.2, 0) is 14.4 Å². The lowest BCUT2D eigenvalue weighted by atomic mass is 10.3. The first-order valence-corrected chi connectivity index (χ1v) is 4.88. The van der Waals surface area contributed by atoms with Crippen LogP contribution in [0.2, 0.25) is 0 Å². The number of hydrogen-bond donors (Lipinski definition) is 1. The summed E-state index contributed by atoms with van der Waals surface area (Å²) in [6, 6.07) is 3.13. The predicted molar refractivity (Wildman–Crippen MR) is 60.2 cm³/mol. The number of imide groups is 1. The van der Waals surface area contributed by atoms with E-state index in [-0.39, 0.29) is 17.4 Å². The Balaban J connectivity index is 2.41. The van der Waals surface area contributed by atoms with Crippen molar-refractivity contribution in [1.29, 1.82) is 0 Å². The summed E-state index contributed by atoms with van der Waals surface area (Å²) >= 11 is 0. The fourth-order valence-corrected chi connectivity index (χ4v) is 1.48. The van der Waals surface area contributed by atoms with Crippen LogP contribution in [0.3, 0.4) is 0 Å². The van der Waals surface area contributed by atoms with Crippen LogP contribution in [-0.4, -0.2) is 22.7 Å². The maximum atomic E-state index is 11.5. The van der Waals surface area contributed by atoms with Crippen molar-refractivity contribution in [2.75, 3.05) is 10.2 Å². The molecule has 1 aromatic heterocycles. The van der Waals surface area contributed by atoms with E-state index in [1.54, 1.807) is 12.1 Å². The molecule has 0 saturated heterocycles. The van der Waals surface area contributed by atoms with Gasteiger partial charge in [0.2, 0.25) is 5.91 Å².